The molecule has 0 saturated heterocycles. The second-order valence-electron chi connectivity index (χ2n) is 5.00. The summed E-state index contributed by atoms with van der Waals surface area (Å²) in [5, 5.41) is 2.53. The average molecular weight is 247 g/mol. The number of rotatable bonds is 2. The number of benzene rings is 1. The van der Waals surface area contributed by atoms with Gasteiger partial charge in [0.25, 0.3) is 0 Å². The summed E-state index contributed by atoms with van der Waals surface area (Å²) in [7, 11) is 0. The molecule has 0 N–H and O–H groups in total. The van der Waals surface area contributed by atoms with Gasteiger partial charge in [-0.2, -0.15) is 0 Å². The fourth-order valence-corrected chi connectivity index (χ4v) is 2.44. The fourth-order valence-electron chi connectivity index (χ4n) is 2.44. The van der Waals surface area contributed by atoms with Gasteiger partial charge in [0.2, 0.25) is 0 Å². The molecule has 1 aliphatic rings. The quantitative estimate of drug-likeness (QED) is 0.755. The second-order valence-corrected chi connectivity index (χ2v) is 5.00. The number of pyridine rings is 1. The topological polar surface area (TPSA) is 12.9 Å². The standard InChI is InChI=1S/C18H17N/c1-14-5-4-6-15(10-9-14)13-18-17-8-3-2-7-16(17)11-12-19-18/h2-5,7-12H,6,13H2,1H3. The molecule has 1 aliphatic carbocycles. The molecule has 1 aromatic carbocycles. The molecular formula is C18H17N. The summed E-state index contributed by atoms with van der Waals surface area (Å²) >= 11 is 0. The third-order valence-electron chi connectivity index (χ3n) is 3.49. The van der Waals surface area contributed by atoms with Crippen molar-refractivity contribution in [3.63, 3.8) is 0 Å². The molecule has 0 saturated carbocycles. The molecule has 0 atom stereocenters. The summed E-state index contributed by atoms with van der Waals surface area (Å²) in [6, 6.07) is 10.5. The van der Waals surface area contributed by atoms with Crippen LogP contribution in [0, 0.1) is 0 Å². The fraction of sp³-hybridized carbons (Fsp3) is 0.167. The minimum Gasteiger partial charge on any atom is -0.260 e. The molecule has 0 radical (unpaired) electrons. The largest absolute Gasteiger partial charge is 0.260 e. The highest BCUT2D eigenvalue weighted by Gasteiger charge is 2.05. The van der Waals surface area contributed by atoms with E-state index in [4.69, 9.17) is 0 Å². The van der Waals surface area contributed by atoms with Crippen molar-refractivity contribution >= 4 is 10.8 Å². The number of aromatic nitrogens is 1. The van der Waals surface area contributed by atoms with Gasteiger partial charge < -0.3 is 0 Å². The van der Waals surface area contributed by atoms with Gasteiger partial charge in [-0.1, -0.05) is 59.7 Å². The van der Waals surface area contributed by atoms with Crippen LogP contribution >= 0.6 is 0 Å². The van der Waals surface area contributed by atoms with Gasteiger partial charge in [-0.15, -0.1) is 0 Å². The predicted molar refractivity (Wildman–Crippen MR) is 81.0 cm³/mol. The van der Waals surface area contributed by atoms with Crippen LogP contribution in [0.4, 0.5) is 0 Å². The lowest BCUT2D eigenvalue weighted by atomic mass is 10.0. The Labute approximate surface area is 114 Å². The van der Waals surface area contributed by atoms with Crippen molar-refractivity contribution in [3.05, 3.63) is 77.7 Å². The summed E-state index contributed by atoms with van der Waals surface area (Å²) in [5.41, 5.74) is 3.89. The number of nitrogens with zero attached hydrogens (tertiary/aromatic N) is 1. The Morgan fingerprint density at radius 3 is 2.95 bits per heavy atom. The molecule has 3 rings (SSSR count). The lowest BCUT2D eigenvalue weighted by Crippen LogP contribution is -1.94. The molecule has 0 fully saturated rings. The Kier molecular flexibility index (Phi) is 3.28. The number of hydrogen-bond donors (Lipinski definition) is 0. The zero-order valence-corrected chi connectivity index (χ0v) is 11.1. The smallest absolute Gasteiger partial charge is 0.0522 e. The van der Waals surface area contributed by atoms with E-state index in [2.05, 4.69) is 66.5 Å². The lowest BCUT2D eigenvalue weighted by molar-refractivity contribution is 1.02. The van der Waals surface area contributed by atoms with Gasteiger partial charge >= 0.3 is 0 Å². The number of allylic oxidation sites excluding steroid dienone is 6. The molecule has 1 nitrogen and oxygen atoms in total. The first kappa shape index (κ1) is 11.9. The van der Waals surface area contributed by atoms with Crippen molar-refractivity contribution in [2.45, 2.75) is 19.8 Å². The molecule has 1 heterocycles. The summed E-state index contributed by atoms with van der Waals surface area (Å²) in [5.74, 6) is 0. The SMILES string of the molecule is CC1=CC=C(Cc2nccc3ccccc23)CC=C1. The van der Waals surface area contributed by atoms with Gasteiger partial charge in [0.05, 0.1) is 5.69 Å². The predicted octanol–water partition coefficient (Wildman–Crippen LogP) is 4.61. The molecule has 1 aromatic heterocycles. The monoisotopic (exact) mass is 247 g/mol. The zero-order chi connectivity index (χ0) is 13.1. The zero-order valence-electron chi connectivity index (χ0n) is 11.1. The van der Waals surface area contributed by atoms with Crippen LogP contribution in [0.2, 0.25) is 0 Å². The van der Waals surface area contributed by atoms with Gasteiger partial charge in [0, 0.05) is 18.0 Å². The maximum Gasteiger partial charge on any atom is 0.0522 e. The highest BCUT2D eigenvalue weighted by Crippen LogP contribution is 2.21. The highest BCUT2D eigenvalue weighted by atomic mass is 14.7. The Balaban J connectivity index is 1.96. The van der Waals surface area contributed by atoms with Crippen molar-refractivity contribution in [2.24, 2.45) is 0 Å². The molecule has 0 unspecified atom stereocenters. The highest BCUT2D eigenvalue weighted by molar-refractivity contribution is 5.84. The molecule has 1 heteroatoms. The van der Waals surface area contributed by atoms with E-state index in [1.165, 1.54) is 27.6 Å². The summed E-state index contributed by atoms with van der Waals surface area (Å²) in [4.78, 5) is 4.57. The molecule has 2 aromatic rings. The van der Waals surface area contributed by atoms with Gasteiger partial charge in [-0.3, -0.25) is 4.98 Å². The van der Waals surface area contributed by atoms with Crippen molar-refractivity contribution < 1.29 is 0 Å². The van der Waals surface area contributed by atoms with Crippen LogP contribution in [0.25, 0.3) is 10.8 Å². The first-order valence-electron chi connectivity index (χ1n) is 6.68. The summed E-state index contributed by atoms with van der Waals surface area (Å²) in [6.45, 7) is 2.13. The van der Waals surface area contributed by atoms with Crippen LogP contribution < -0.4 is 0 Å². The normalized spacial score (nSPS) is 15.0. The van der Waals surface area contributed by atoms with Crippen molar-refractivity contribution in [2.75, 3.05) is 0 Å². The van der Waals surface area contributed by atoms with E-state index < -0.39 is 0 Å². The van der Waals surface area contributed by atoms with Crippen LogP contribution in [0.1, 0.15) is 19.0 Å². The van der Waals surface area contributed by atoms with Gasteiger partial charge in [0.1, 0.15) is 0 Å². The molecule has 0 aliphatic heterocycles. The van der Waals surface area contributed by atoms with Crippen LogP contribution in [-0.4, -0.2) is 4.98 Å². The Hall–Kier alpha value is -2.15. The Morgan fingerprint density at radius 2 is 2.00 bits per heavy atom. The van der Waals surface area contributed by atoms with Crippen molar-refractivity contribution in [3.8, 4) is 0 Å². The third-order valence-corrected chi connectivity index (χ3v) is 3.49. The van der Waals surface area contributed by atoms with Gasteiger partial charge in [0.15, 0.2) is 0 Å². The number of hydrogen-bond acceptors (Lipinski definition) is 1. The van der Waals surface area contributed by atoms with E-state index in [1.54, 1.807) is 0 Å². The molecule has 0 bridgehead atoms. The van der Waals surface area contributed by atoms with Crippen LogP contribution in [0.3, 0.4) is 0 Å². The maximum atomic E-state index is 4.57. The molecular weight excluding hydrogens is 230 g/mol. The molecule has 19 heavy (non-hydrogen) atoms. The van der Waals surface area contributed by atoms with E-state index in [9.17, 15) is 0 Å². The first-order valence-corrected chi connectivity index (χ1v) is 6.68. The Bertz CT molecular complexity index is 684. The van der Waals surface area contributed by atoms with Crippen LogP contribution in [-0.2, 0) is 6.42 Å². The molecule has 0 spiro atoms. The van der Waals surface area contributed by atoms with E-state index in [0.29, 0.717) is 0 Å². The van der Waals surface area contributed by atoms with E-state index >= 15 is 0 Å². The summed E-state index contributed by atoms with van der Waals surface area (Å²) in [6.07, 6.45) is 12.7. The molecule has 0 amide bonds. The van der Waals surface area contributed by atoms with Crippen molar-refractivity contribution in [1.29, 1.82) is 0 Å². The van der Waals surface area contributed by atoms with Gasteiger partial charge in [-0.05, 0) is 24.8 Å². The van der Waals surface area contributed by atoms with Crippen molar-refractivity contribution in [1.82, 2.24) is 4.98 Å². The van der Waals surface area contributed by atoms with E-state index in [-0.39, 0.29) is 0 Å². The van der Waals surface area contributed by atoms with Crippen LogP contribution in [0.15, 0.2) is 72.0 Å². The number of fused-ring (bicyclic) bond motifs is 1. The van der Waals surface area contributed by atoms with Crippen LogP contribution in [0.5, 0.6) is 0 Å². The van der Waals surface area contributed by atoms with E-state index in [1.807, 2.05) is 6.20 Å². The van der Waals surface area contributed by atoms with Gasteiger partial charge in [-0.25, -0.2) is 0 Å². The minimum absolute atomic E-state index is 0.926. The molecule has 94 valence electrons. The lowest BCUT2D eigenvalue weighted by Gasteiger charge is -2.07. The maximum absolute atomic E-state index is 4.57. The minimum atomic E-state index is 0.926. The van der Waals surface area contributed by atoms with E-state index in [0.717, 1.165) is 12.8 Å². The Morgan fingerprint density at radius 1 is 1.11 bits per heavy atom. The second kappa shape index (κ2) is 5.23. The average Bonchev–Trinajstić information content (AvgIpc) is 2.64. The first-order chi connectivity index (χ1) is 9.33. The summed E-state index contributed by atoms with van der Waals surface area (Å²) < 4.78 is 0. The third kappa shape index (κ3) is 2.65.